The van der Waals surface area contributed by atoms with Crippen LogP contribution in [0.25, 0.3) is 0 Å². The molecule has 0 saturated heterocycles. The van der Waals surface area contributed by atoms with Crippen molar-refractivity contribution >= 4 is 46.7 Å². The molecular weight excluding hydrogens is 471 g/mol. The molecule has 33 heavy (non-hydrogen) atoms. The highest BCUT2D eigenvalue weighted by Gasteiger charge is 2.27. The Bertz CT molecular complexity index is 1140. The van der Waals surface area contributed by atoms with Gasteiger partial charge in [0, 0.05) is 23.7 Å². The van der Waals surface area contributed by atoms with Gasteiger partial charge in [-0.1, -0.05) is 34.4 Å². The molecule has 1 aromatic carbocycles. The number of carbonyl (C=O) groups excluding carboxylic acids is 1. The predicted octanol–water partition coefficient (Wildman–Crippen LogP) is 4.96. The summed E-state index contributed by atoms with van der Waals surface area (Å²) in [4.78, 5) is 27.8. The number of ketones is 1. The lowest BCUT2D eigenvalue weighted by atomic mass is 9.87. The van der Waals surface area contributed by atoms with Crippen LogP contribution < -0.4 is 10.1 Å². The SMILES string of the molecule is O=C(Cc1ccc(OC2CCC(C(=O)O)CC2)nc1)c1nnc(Nc2ccc(Cl)cc2Cl)o1. The molecule has 172 valence electrons. The zero-order valence-electron chi connectivity index (χ0n) is 17.3. The van der Waals surface area contributed by atoms with E-state index in [0.717, 1.165) is 0 Å². The summed E-state index contributed by atoms with van der Waals surface area (Å²) in [6.07, 6.45) is 4.07. The Kier molecular flexibility index (Phi) is 7.10. The van der Waals surface area contributed by atoms with Crippen molar-refractivity contribution < 1.29 is 23.8 Å². The first-order valence-corrected chi connectivity index (χ1v) is 11.1. The first kappa shape index (κ1) is 23.0. The number of aromatic nitrogens is 3. The van der Waals surface area contributed by atoms with E-state index in [9.17, 15) is 9.59 Å². The monoisotopic (exact) mass is 490 g/mol. The third-order valence-corrected chi connectivity index (χ3v) is 5.86. The fourth-order valence-corrected chi connectivity index (χ4v) is 3.99. The number of halogens is 2. The van der Waals surface area contributed by atoms with Gasteiger partial charge in [0.2, 0.25) is 11.7 Å². The molecule has 1 saturated carbocycles. The molecule has 11 heteroatoms. The molecule has 0 amide bonds. The van der Waals surface area contributed by atoms with E-state index in [1.165, 1.54) is 0 Å². The number of anilines is 2. The molecule has 1 aliphatic carbocycles. The molecule has 0 radical (unpaired) electrons. The summed E-state index contributed by atoms with van der Waals surface area (Å²) in [5, 5.41) is 20.4. The third-order valence-electron chi connectivity index (χ3n) is 5.31. The highest BCUT2D eigenvalue weighted by Crippen LogP contribution is 2.29. The van der Waals surface area contributed by atoms with Crippen LogP contribution in [-0.4, -0.2) is 38.1 Å². The van der Waals surface area contributed by atoms with Gasteiger partial charge in [0.25, 0.3) is 5.89 Å². The van der Waals surface area contributed by atoms with Gasteiger partial charge in [-0.25, -0.2) is 4.98 Å². The number of carbonyl (C=O) groups is 2. The quantitative estimate of drug-likeness (QED) is 0.420. The fraction of sp³-hybridized carbons (Fsp3) is 0.318. The van der Waals surface area contributed by atoms with Gasteiger partial charge in [0.15, 0.2) is 0 Å². The van der Waals surface area contributed by atoms with Crippen LogP contribution in [0, 0.1) is 5.92 Å². The summed E-state index contributed by atoms with van der Waals surface area (Å²) in [6.45, 7) is 0. The van der Waals surface area contributed by atoms with Crippen molar-refractivity contribution in [2.24, 2.45) is 5.92 Å². The molecule has 1 aliphatic rings. The Morgan fingerprint density at radius 2 is 1.91 bits per heavy atom. The fourth-order valence-electron chi connectivity index (χ4n) is 3.54. The molecule has 0 bridgehead atoms. The maximum Gasteiger partial charge on any atom is 0.320 e. The van der Waals surface area contributed by atoms with E-state index in [4.69, 9.17) is 37.5 Å². The van der Waals surface area contributed by atoms with E-state index in [1.54, 1.807) is 36.5 Å². The summed E-state index contributed by atoms with van der Waals surface area (Å²) < 4.78 is 11.2. The molecule has 0 spiro atoms. The largest absolute Gasteiger partial charge is 0.481 e. The van der Waals surface area contributed by atoms with Crippen molar-refractivity contribution in [3.63, 3.8) is 0 Å². The zero-order valence-corrected chi connectivity index (χ0v) is 18.8. The number of carboxylic acids is 1. The molecular formula is C22H20Cl2N4O5. The number of rotatable bonds is 8. The normalized spacial score (nSPS) is 18.0. The Balaban J connectivity index is 1.30. The minimum absolute atomic E-state index is 0.0281. The zero-order chi connectivity index (χ0) is 23.4. The van der Waals surface area contributed by atoms with Gasteiger partial charge in [-0.2, -0.15) is 0 Å². The van der Waals surface area contributed by atoms with Crippen LogP contribution in [0.4, 0.5) is 11.7 Å². The maximum absolute atomic E-state index is 12.5. The van der Waals surface area contributed by atoms with Crippen LogP contribution in [-0.2, 0) is 11.2 Å². The number of ether oxygens (including phenoxy) is 1. The van der Waals surface area contributed by atoms with E-state index in [-0.39, 0.29) is 36.1 Å². The second-order valence-electron chi connectivity index (χ2n) is 7.70. The van der Waals surface area contributed by atoms with Crippen molar-refractivity contribution in [3.8, 4) is 5.88 Å². The van der Waals surface area contributed by atoms with E-state index >= 15 is 0 Å². The molecule has 9 nitrogen and oxygen atoms in total. The minimum Gasteiger partial charge on any atom is -0.481 e. The van der Waals surface area contributed by atoms with Crippen molar-refractivity contribution in [1.29, 1.82) is 0 Å². The van der Waals surface area contributed by atoms with Gasteiger partial charge in [-0.05, 0) is 49.4 Å². The molecule has 1 fully saturated rings. The summed E-state index contributed by atoms with van der Waals surface area (Å²) in [7, 11) is 0. The lowest BCUT2D eigenvalue weighted by Gasteiger charge is -2.26. The van der Waals surface area contributed by atoms with E-state index in [0.29, 0.717) is 52.9 Å². The van der Waals surface area contributed by atoms with E-state index in [1.807, 2.05) is 0 Å². The van der Waals surface area contributed by atoms with E-state index < -0.39 is 5.97 Å². The van der Waals surface area contributed by atoms with Crippen LogP contribution in [0.5, 0.6) is 5.88 Å². The molecule has 0 atom stereocenters. The molecule has 0 unspecified atom stereocenters. The topological polar surface area (TPSA) is 127 Å². The van der Waals surface area contributed by atoms with Gasteiger partial charge in [0.1, 0.15) is 6.10 Å². The van der Waals surface area contributed by atoms with E-state index in [2.05, 4.69) is 20.5 Å². The van der Waals surface area contributed by atoms with Gasteiger partial charge in [-0.15, -0.1) is 5.10 Å². The van der Waals surface area contributed by atoms with Gasteiger partial charge < -0.3 is 19.6 Å². The summed E-state index contributed by atoms with van der Waals surface area (Å²) >= 11 is 12.0. The molecule has 2 aromatic heterocycles. The van der Waals surface area contributed by atoms with Crippen molar-refractivity contribution in [1.82, 2.24) is 15.2 Å². The van der Waals surface area contributed by atoms with Crippen LogP contribution in [0.1, 0.15) is 41.9 Å². The average molecular weight is 491 g/mol. The number of nitrogens with one attached hydrogen (secondary N) is 1. The van der Waals surface area contributed by atoms with Gasteiger partial charge in [0.05, 0.1) is 16.6 Å². The number of nitrogens with zero attached hydrogens (tertiary/aromatic N) is 3. The number of aliphatic carboxylic acids is 1. The van der Waals surface area contributed by atoms with Crippen molar-refractivity contribution in [3.05, 3.63) is 58.0 Å². The predicted molar refractivity (Wildman–Crippen MR) is 120 cm³/mol. The average Bonchev–Trinajstić information content (AvgIpc) is 3.26. The lowest BCUT2D eigenvalue weighted by molar-refractivity contribution is -0.143. The molecule has 3 aromatic rings. The standard InChI is InChI=1S/C22H20Cl2N4O5/c23-14-4-7-17(16(24)10-14)26-22-28-27-20(33-22)18(29)9-12-1-8-19(25-11-12)32-15-5-2-13(3-6-15)21(30)31/h1,4,7-8,10-11,13,15H,2-3,5-6,9H2,(H,26,28)(H,30,31). The number of pyridine rings is 1. The molecule has 0 aliphatic heterocycles. The summed E-state index contributed by atoms with van der Waals surface area (Å²) in [6, 6.07) is 8.33. The Morgan fingerprint density at radius 3 is 2.58 bits per heavy atom. The van der Waals surface area contributed by atoms with Crippen LogP contribution >= 0.6 is 23.2 Å². The first-order valence-electron chi connectivity index (χ1n) is 10.3. The van der Waals surface area contributed by atoms with Crippen LogP contribution in [0.15, 0.2) is 40.9 Å². The van der Waals surface area contributed by atoms with Crippen LogP contribution in [0.2, 0.25) is 10.0 Å². The van der Waals surface area contributed by atoms with Crippen molar-refractivity contribution in [2.45, 2.75) is 38.2 Å². The van der Waals surface area contributed by atoms with Gasteiger partial charge >= 0.3 is 12.0 Å². The summed E-state index contributed by atoms with van der Waals surface area (Å²) in [5.41, 5.74) is 1.18. The molecule has 4 rings (SSSR count). The molecule has 2 heterocycles. The number of carboxylic acid groups (broad SMARTS) is 1. The Labute approximate surface area is 199 Å². The van der Waals surface area contributed by atoms with Gasteiger partial charge in [-0.3, -0.25) is 9.59 Å². The Morgan fingerprint density at radius 1 is 1.12 bits per heavy atom. The molecule has 2 N–H and O–H groups in total. The number of hydrogen-bond donors (Lipinski definition) is 2. The number of benzene rings is 1. The lowest BCUT2D eigenvalue weighted by Crippen LogP contribution is -2.28. The highest BCUT2D eigenvalue weighted by atomic mass is 35.5. The highest BCUT2D eigenvalue weighted by molar-refractivity contribution is 6.36. The summed E-state index contributed by atoms with van der Waals surface area (Å²) in [5.74, 6) is -1.11. The number of hydrogen-bond acceptors (Lipinski definition) is 8. The second-order valence-corrected chi connectivity index (χ2v) is 8.54. The Hall–Kier alpha value is -3.17. The third kappa shape index (κ3) is 6.00. The minimum atomic E-state index is -0.751. The second kappa shape index (κ2) is 10.2. The maximum atomic E-state index is 12.5. The first-order chi connectivity index (χ1) is 15.9. The van der Waals surface area contributed by atoms with Crippen molar-refractivity contribution in [2.75, 3.05) is 5.32 Å². The van der Waals surface area contributed by atoms with Crippen LogP contribution in [0.3, 0.4) is 0 Å². The smallest absolute Gasteiger partial charge is 0.320 e. The number of Topliss-reactive ketones (excluding diaryl/α,β-unsaturated/α-hetero) is 1.